The molecule has 0 saturated heterocycles. The van der Waals surface area contributed by atoms with E-state index in [1.165, 1.54) is 0 Å². The van der Waals surface area contributed by atoms with Crippen molar-refractivity contribution in [3.05, 3.63) is 107 Å². The van der Waals surface area contributed by atoms with E-state index in [1.54, 1.807) is 47.6 Å². The van der Waals surface area contributed by atoms with Crippen LogP contribution in [0.2, 0.25) is 0 Å². The highest BCUT2D eigenvalue weighted by molar-refractivity contribution is 6.11. The molecule has 3 aliphatic rings. The van der Waals surface area contributed by atoms with Gasteiger partial charge in [0.2, 0.25) is 12.7 Å². The lowest BCUT2D eigenvalue weighted by Gasteiger charge is -2.23. The van der Waals surface area contributed by atoms with Crippen molar-refractivity contribution in [2.45, 2.75) is 12.0 Å². The van der Waals surface area contributed by atoms with Crippen LogP contribution in [0.15, 0.2) is 85.2 Å². The molecule has 3 aromatic carbocycles. The lowest BCUT2D eigenvalue weighted by molar-refractivity contribution is -0.122. The Kier molecular flexibility index (Phi) is 4.69. The van der Waals surface area contributed by atoms with Gasteiger partial charge in [-0.05, 0) is 47.5 Å². The highest BCUT2D eigenvalue weighted by Gasteiger charge is 2.57. The van der Waals surface area contributed by atoms with Gasteiger partial charge in [-0.3, -0.25) is 14.6 Å². The van der Waals surface area contributed by atoms with Crippen LogP contribution in [0, 0.1) is 0 Å². The number of ether oxygens (including phenoxy) is 3. The van der Waals surface area contributed by atoms with Crippen LogP contribution in [-0.2, 0) is 16.8 Å². The molecule has 1 aromatic heterocycles. The summed E-state index contributed by atoms with van der Waals surface area (Å²) in [6.07, 6.45) is 3.24. The van der Waals surface area contributed by atoms with Crippen molar-refractivity contribution >= 4 is 23.2 Å². The topological polar surface area (TPSA) is 90.0 Å². The molecule has 4 heterocycles. The molecular weight excluding hydrogens is 470 g/mol. The summed E-state index contributed by atoms with van der Waals surface area (Å²) in [6, 6.07) is 22.3. The van der Waals surface area contributed by atoms with E-state index in [9.17, 15) is 9.59 Å². The van der Waals surface area contributed by atoms with Crippen molar-refractivity contribution in [2.24, 2.45) is 0 Å². The fourth-order valence-electron chi connectivity index (χ4n) is 5.31. The molecule has 1 spiro atoms. The molecular formula is C29H21N3O5. The Morgan fingerprint density at radius 2 is 1.73 bits per heavy atom. The Balaban J connectivity index is 1.19. The molecule has 1 N–H and O–H groups in total. The number of amides is 2. The number of carbonyl (C=O) groups excluding carboxylic acids is 2. The third-order valence-electron chi connectivity index (χ3n) is 7.12. The number of carbonyl (C=O) groups is 2. The summed E-state index contributed by atoms with van der Waals surface area (Å²) in [5.41, 5.74) is 3.65. The molecule has 8 heteroatoms. The van der Waals surface area contributed by atoms with E-state index in [-0.39, 0.29) is 25.2 Å². The quantitative estimate of drug-likeness (QED) is 0.458. The fourth-order valence-corrected chi connectivity index (χ4v) is 5.31. The zero-order valence-corrected chi connectivity index (χ0v) is 19.6. The van der Waals surface area contributed by atoms with Gasteiger partial charge in [-0.2, -0.15) is 0 Å². The zero-order valence-electron chi connectivity index (χ0n) is 19.6. The van der Waals surface area contributed by atoms with Gasteiger partial charge in [-0.1, -0.05) is 30.3 Å². The SMILES string of the molecule is O=C(Nc1cccnc1)c1ccc(CN2C(=O)C3(COc4cc5c(cc43)OCO5)c3ccccc32)cc1. The maximum atomic E-state index is 14.1. The van der Waals surface area contributed by atoms with Crippen LogP contribution in [0.25, 0.3) is 0 Å². The molecule has 0 saturated carbocycles. The van der Waals surface area contributed by atoms with E-state index < -0.39 is 5.41 Å². The predicted molar refractivity (Wildman–Crippen MR) is 135 cm³/mol. The summed E-state index contributed by atoms with van der Waals surface area (Å²) in [4.78, 5) is 32.6. The number of hydrogen-bond donors (Lipinski definition) is 1. The highest BCUT2D eigenvalue weighted by Crippen LogP contribution is 2.55. The largest absolute Gasteiger partial charge is 0.491 e. The Labute approximate surface area is 212 Å². The Bertz CT molecular complexity index is 1550. The molecule has 4 aromatic rings. The van der Waals surface area contributed by atoms with Crippen molar-refractivity contribution in [1.29, 1.82) is 0 Å². The lowest BCUT2D eigenvalue weighted by atomic mass is 9.77. The molecule has 3 aliphatic heterocycles. The zero-order chi connectivity index (χ0) is 25.0. The summed E-state index contributed by atoms with van der Waals surface area (Å²) in [6.45, 7) is 0.727. The third-order valence-corrected chi connectivity index (χ3v) is 7.12. The van der Waals surface area contributed by atoms with Crippen LogP contribution in [0.5, 0.6) is 17.2 Å². The first-order valence-electron chi connectivity index (χ1n) is 11.9. The fraction of sp³-hybridized carbons (Fsp3) is 0.138. The predicted octanol–water partition coefficient (Wildman–Crippen LogP) is 4.29. The number of pyridine rings is 1. The number of benzene rings is 3. The lowest BCUT2D eigenvalue weighted by Crippen LogP contribution is -2.42. The second kappa shape index (κ2) is 8.09. The number of anilines is 2. The molecule has 0 aliphatic carbocycles. The van der Waals surface area contributed by atoms with E-state index in [0.717, 1.165) is 22.4 Å². The number of hydrogen-bond acceptors (Lipinski definition) is 6. The molecule has 0 fully saturated rings. The first-order chi connectivity index (χ1) is 18.1. The second-order valence-electron chi connectivity index (χ2n) is 9.20. The standard InChI is InChI=1S/C29H21N3O5/c33-27(31-20-4-3-11-30-14-20)19-9-7-18(8-10-19)15-32-23-6-2-1-5-21(23)29(28(32)34)16-35-24-13-26-25(12-22(24)29)36-17-37-26/h1-14H,15-17H2,(H,31,33). The van der Waals surface area contributed by atoms with Gasteiger partial charge in [-0.25, -0.2) is 0 Å². The van der Waals surface area contributed by atoms with Crippen LogP contribution in [0.3, 0.4) is 0 Å². The minimum Gasteiger partial charge on any atom is -0.491 e. The molecule has 182 valence electrons. The van der Waals surface area contributed by atoms with E-state index in [1.807, 2.05) is 42.5 Å². The molecule has 8 nitrogen and oxygen atoms in total. The van der Waals surface area contributed by atoms with Gasteiger partial charge in [0.25, 0.3) is 5.91 Å². The Hall–Kier alpha value is -4.85. The number of aromatic nitrogens is 1. The molecule has 7 rings (SSSR count). The average molecular weight is 492 g/mol. The smallest absolute Gasteiger partial charge is 0.255 e. The molecule has 0 radical (unpaired) electrons. The van der Waals surface area contributed by atoms with Crippen LogP contribution >= 0.6 is 0 Å². The van der Waals surface area contributed by atoms with Crippen LogP contribution in [0.4, 0.5) is 11.4 Å². The molecule has 0 bridgehead atoms. The minimum atomic E-state index is -0.948. The van der Waals surface area contributed by atoms with E-state index >= 15 is 0 Å². The van der Waals surface area contributed by atoms with Gasteiger partial charge in [0.05, 0.1) is 18.4 Å². The number of nitrogens with zero attached hydrogens (tertiary/aromatic N) is 2. The van der Waals surface area contributed by atoms with Crippen molar-refractivity contribution in [1.82, 2.24) is 4.98 Å². The maximum absolute atomic E-state index is 14.1. The third kappa shape index (κ3) is 3.26. The minimum absolute atomic E-state index is 0.0512. The van der Waals surface area contributed by atoms with Gasteiger partial charge in [0, 0.05) is 29.1 Å². The monoisotopic (exact) mass is 491 g/mol. The summed E-state index contributed by atoms with van der Waals surface area (Å²) in [5, 5.41) is 2.83. The van der Waals surface area contributed by atoms with Crippen LogP contribution in [0.1, 0.15) is 27.0 Å². The van der Waals surface area contributed by atoms with Crippen molar-refractivity contribution in [3.8, 4) is 17.2 Å². The maximum Gasteiger partial charge on any atom is 0.255 e. The van der Waals surface area contributed by atoms with Crippen molar-refractivity contribution < 1.29 is 23.8 Å². The summed E-state index contributed by atoms with van der Waals surface area (Å²) in [7, 11) is 0. The van der Waals surface area contributed by atoms with Crippen LogP contribution in [-0.4, -0.2) is 30.2 Å². The second-order valence-corrected chi connectivity index (χ2v) is 9.20. The molecule has 1 unspecified atom stereocenters. The number of nitrogens with one attached hydrogen (secondary N) is 1. The van der Waals surface area contributed by atoms with Crippen molar-refractivity contribution in [3.63, 3.8) is 0 Å². The highest BCUT2D eigenvalue weighted by atomic mass is 16.7. The number of fused-ring (bicyclic) bond motifs is 5. The Morgan fingerprint density at radius 1 is 0.919 bits per heavy atom. The number of rotatable bonds is 4. The van der Waals surface area contributed by atoms with E-state index in [0.29, 0.717) is 35.0 Å². The van der Waals surface area contributed by atoms with Gasteiger partial charge in [0.1, 0.15) is 17.8 Å². The van der Waals surface area contributed by atoms with Gasteiger partial charge in [0.15, 0.2) is 11.5 Å². The average Bonchev–Trinajstić information content (AvgIpc) is 3.61. The number of para-hydroxylation sites is 1. The molecule has 37 heavy (non-hydrogen) atoms. The molecule has 1 atom stereocenters. The first kappa shape index (κ1) is 21.4. The van der Waals surface area contributed by atoms with Gasteiger partial charge >= 0.3 is 0 Å². The van der Waals surface area contributed by atoms with Gasteiger partial charge < -0.3 is 24.4 Å². The van der Waals surface area contributed by atoms with Crippen molar-refractivity contribution in [2.75, 3.05) is 23.6 Å². The van der Waals surface area contributed by atoms with Crippen LogP contribution < -0.4 is 24.4 Å². The van der Waals surface area contributed by atoms with E-state index in [4.69, 9.17) is 14.2 Å². The summed E-state index contributed by atoms with van der Waals surface area (Å²) >= 11 is 0. The van der Waals surface area contributed by atoms with E-state index in [2.05, 4.69) is 10.3 Å². The normalized spacial score (nSPS) is 18.5. The van der Waals surface area contributed by atoms with Gasteiger partial charge in [-0.15, -0.1) is 0 Å². The first-order valence-corrected chi connectivity index (χ1v) is 11.9. The molecule has 2 amide bonds. The Morgan fingerprint density at radius 3 is 2.54 bits per heavy atom. The summed E-state index contributed by atoms with van der Waals surface area (Å²) < 4.78 is 17.1. The summed E-state index contributed by atoms with van der Waals surface area (Å²) in [5.74, 6) is 1.61.